The van der Waals surface area contributed by atoms with E-state index in [2.05, 4.69) is 5.32 Å². The second-order valence-corrected chi connectivity index (χ2v) is 4.50. The van der Waals surface area contributed by atoms with Gasteiger partial charge in [0.1, 0.15) is 6.04 Å². The number of carbonyl (C=O) groups excluding carboxylic acids is 2. The molecule has 0 radical (unpaired) electrons. The maximum atomic E-state index is 11.9. The Kier molecular flexibility index (Phi) is 6.73. The molecule has 3 N–H and O–H groups in total. The maximum absolute atomic E-state index is 11.9. The SMILES string of the molecule is CCN(CC)C(=O)CCNC(=O)[C@@H](N)c1ccccc1. The fraction of sp³-hybridized carbons (Fsp3) is 0.467. The maximum Gasteiger partial charge on any atom is 0.241 e. The van der Waals surface area contributed by atoms with Gasteiger partial charge in [-0.15, -0.1) is 0 Å². The van der Waals surface area contributed by atoms with Crippen molar-refractivity contribution in [1.29, 1.82) is 0 Å². The molecule has 0 unspecified atom stereocenters. The predicted molar refractivity (Wildman–Crippen MR) is 78.9 cm³/mol. The van der Waals surface area contributed by atoms with Crippen LogP contribution in [0.25, 0.3) is 0 Å². The smallest absolute Gasteiger partial charge is 0.241 e. The van der Waals surface area contributed by atoms with Gasteiger partial charge in [0.25, 0.3) is 0 Å². The first kappa shape index (κ1) is 16.2. The number of rotatable bonds is 7. The van der Waals surface area contributed by atoms with Crippen molar-refractivity contribution >= 4 is 11.8 Å². The van der Waals surface area contributed by atoms with E-state index in [1.54, 1.807) is 4.90 Å². The number of nitrogens with one attached hydrogen (secondary N) is 1. The molecule has 5 nitrogen and oxygen atoms in total. The molecule has 0 heterocycles. The Morgan fingerprint density at radius 1 is 1.20 bits per heavy atom. The predicted octanol–water partition coefficient (Wildman–Crippen LogP) is 1.06. The van der Waals surface area contributed by atoms with Gasteiger partial charge in [-0.05, 0) is 19.4 Å². The Morgan fingerprint density at radius 2 is 1.80 bits per heavy atom. The third kappa shape index (κ3) is 4.66. The van der Waals surface area contributed by atoms with Crippen LogP contribution in [0.1, 0.15) is 31.9 Å². The van der Waals surface area contributed by atoms with Crippen molar-refractivity contribution in [2.45, 2.75) is 26.3 Å². The number of hydrogen-bond donors (Lipinski definition) is 2. The van der Waals surface area contributed by atoms with Crippen LogP contribution in [0.5, 0.6) is 0 Å². The van der Waals surface area contributed by atoms with Crippen molar-refractivity contribution in [3.8, 4) is 0 Å². The van der Waals surface area contributed by atoms with Crippen molar-refractivity contribution in [3.63, 3.8) is 0 Å². The lowest BCUT2D eigenvalue weighted by atomic mass is 10.1. The van der Waals surface area contributed by atoms with Gasteiger partial charge in [-0.1, -0.05) is 30.3 Å². The third-order valence-corrected chi connectivity index (χ3v) is 3.20. The first-order valence-electron chi connectivity index (χ1n) is 6.96. The van der Waals surface area contributed by atoms with Gasteiger partial charge in [0.2, 0.25) is 11.8 Å². The van der Waals surface area contributed by atoms with Gasteiger partial charge >= 0.3 is 0 Å². The number of nitrogens with two attached hydrogens (primary N) is 1. The molecule has 0 aliphatic rings. The molecule has 0 spiro atoms. The Hall–Kier alpha value is -1.88. The summed E-state index contributed by atoms with van der Waals surface area (Å²) in [6.07, 6.45) is 0.301. The van der Waals surface area contributed by atoms with Crippen LogP contribution in [0.2, 0.25) is 0 Å². The summed E-state index contributed by atoms with van der Waals surface area (Å²) in [4.78, 5) is 25.4. The van der Waals surface area contributed by atoms with E-state index in [4.69, 9.17) is 5.73 Å². The lowest BCUT2D eigenvalue weighted by Gasteiger charge is -2.19. The fourth-order valence-electron chi connectivity index (χ4n) is 1.95. The molecule has 110 valence electrons. The number of hydrogen-bond acceptors (Lipinski definition) is 3. The molecule has 0 aromatic heterocycles. The zero-order valence-electron chi connectivity index (χ0n) is 12.1. The average Bonchev–Trinajstić information content (AvgIpc) is 2.48. The highest BCUT2D eigenvalue weighted by Gasteiger charge is 2.16. The highest BCUT2D eigenvalue weighted by Crippen LogP contribution is 2.09. The van der Waals surface area contributed by atoms with Gasteiger partial charge in [0, 0.05) is 26.1 Å². The summed E-state index contributed by atoms with van der Waals surface area (Å²) in [6, 6.07) is 8.48. The van der Waals surface area contributed by atoms with Crippen LogP contribution in [0.4, 0.5) is 0 Å². The number of benzene rings is 1. The highest BCUT2D eigenvalue weighted by molar-refractivity contribution is 5.83. The Labute approximate surface area is 120 Å². The lowest BCUT2D eigenvalue weighted by Crippen LogP contribution is -2.37. The molecule has 5 heteroatoms. The van der Waals surface area contributed by atoms with Crippen LogP contribution in [0.15, 0.2) is 30.3 Å². The molecule has 1 aromatic carbocycles. The molecule has 0 aliphatic heterocycles. The third-order valence-electron chi connectivity index (χ3n) is 3.20. The van der Waals surface area contributed by atoms with Gasteiger partial charge < -0.3 is 16.0 Å². The van der Waals surface area contributed by atoms with Crippen LogP contribution < -0.4 is 11.1 Å². The Balaban J connectivity index is 2.39. The lowest BCUT2D eigenvalue weighted by molar-refractivity contribution is -0.130. The minimum absolute atomic E-state index is 0.0450. The number of carbonyl (C=O) groups is 2. The molecule has 1 aromatic rings. The summed E-state index contributed by atoms with van der Waals surface area (Å²) in [6.45, 7) is 5.56. The van der Waals surface area contributed by atoms with Crippen LogP contribution in [0, 0.1) is 0 Å². The summed E-state index contributed by atoms with van der Waals surface area (Å²) in [7, 11) is 0. The van der Waals surface area contributed by atoms with Crippen LogP contribution in [-0.2, 0) is 9.59 Å². The molecule has 20 heavy (non-hydrogen) atoms. The molecular formula is C15H23N3O2. The molecule has 0 bridgehead atoms. The van der Waals surface area contributed by atoms with Crippen LogP contribution in [0.3, 0.4) is 0 Å². The molecule has 2 amide bonds. The van der Waals surface area contributed by atoms with E-state index in [-0.39, 0.29) is 11.8 Å². The average molecular weight is 277 g/mol. The molecule has 0 saturated heterocycles. The van der Waals surface area contributed by atoms with E-state index in [1.807, 2.05) is 44.2 Å². The molecule has 1 rings (SSSR count). The molecule has 0 aliphatic carbocycles. The minimum atomic E-state index is -0.695. The zero-order valence-corrected chi connectivity index (χ0v) is 12.1. The van der Waals surface area contributed by atoms with Gasteiger partial charge in [0.15, 0.2) is 0 Å². The summed E-state index contributed by atoms with van der Waals surface area (Å²) >= 11 is 0. The summed E-state index contributed by atoms with van der Waals surface area (Å²) in [5, 5.41) is 2.70. The van der Waals surface area contributed by atoms with Crippen molar-refractivity contribution in [2.75, 3.05) is 19.6 Å². The van der Waals surface area contributed by atoms with Crippen LogP contribution in [-0.4, -0.2) is 36.3 Å². The quantitative estimate of drug-likeness (QED) is 0.782. The summed E-state index contributed by atoms with van der Waals surface area (Å²) < 4.78 is 0. The largest absolute Gasteiger partial charge is 0.354 e. The van der Waals surface area contributed by atoms with E-state index < -0.39 is 6.04 Å². The molecular weight excluding hydrogens is 254 g/mol. The molecule has 0 fully saturated rings. The monoisotopic (exact) mass is 277 g/mol. The topological polar surface area (TPSA) is 75.4 Å². The zero-order chi connectivity index (χ0) is 15.0. The summed E-state index contributed by atoms with van der Waals surface area (Å²) in [5.74, 6) is -0.216. The van der Waals surface area contributed by atoms with Crippen molar-refractivity contribution in [2.24, 2.45) is 5.73 Å². The van der Waals surface area contributed by atoms with Crippen molar-refractivity contribution < 1.29 is 9.59 Å². The minimum Gasteiger partial charge on any atom is -0.354 e. The van der Waals surface area contributed by atoms with E-state index in [0.717, 1.165) is 5.56 Å². The van der Waals surface area contributed by atoms with Gasteiger partial charge in [-0.3, -0.25) is 9.59 Å². The Bertz CT molecular complexity index is 430. The standard InChI is InChI=1S/C15H23N3O2/c1-3-18(4-2)13(19)10-11-17-15(20)14(16)12-8-6-5-7-9-12/h5-9,14H,3-4,10-11,16H2,1-2H3,(H,17,20)/t14-/m0/s1. The normalized spacial score (nSPS) is 11.8. The van der Waals surface area contributed by atoms with Crippen molar-refractivity contribution in [3.05, 3.63) is 35.9 Å². The van der Waals surface area contributed by atoms with E-state index in [9.17, 15) is 9.59 Å². The first-order chi connectivity index (χ1) is 9.60. The molecule has 1 atom stereocenters. The molecule has 0 saturated carbocycles. The van der Waals surface area contributed by atoms with E-state index >= 15 is 0 Å². The summed E-state index contributed by atoms with van der Waals surface area (Å²) in [5.41, 5.74) is 6.62. The Morgan fingerprint density at radius 3 is 2.35 bits per heavy atom. The first-order valence-corrected chi connectivity index (χ1v) is 6.96. The van der Waals surface area contributed by atoms with Crippen LogP contribution >= 0.6 is 0 Å². The second-order valence-electron chi connectivity index (χ2n) is 4.50. The van der Waals surface area contributed by atoms with Gasteiger partial charge in [-0.2, -0.15) is 0 Å². The number of nitrogens with zero attached hydrogens (tertiary/aromatic N) is 1. The van der Waals surface area contributed by atoms with Crippen molar-refractivity contribution in [1.82, 2.24) is 10.2 Å². The number of amides is 2. The van der Waals surface area contributed by atoms with Gasteiger partial charge in [0.05, 0.1) is 0 Å². The highest BCUT2D eigenvalue weighted by atomic mass is 16.2. The second kappa shape index (κ2) is 8.32. The van der Waals surface area contributed by atoms with E-state index in [0.29, 0.717) is 26.1 Å². The fourth-order valence-corrected chi connectivity index (χ4v) is 1.95. The van der Waals surface area contributed by atoms with E-state index in [1.165, 1.54) is 0 Å². The van der Waals surface area contributed by atoms with Gasteiger partial charge in [-0.25, -0.2) is 0 Å².